The molecule has 7 nitrogen and oxygen atoms in total. The smallest absolute Gasteiger partial charge is 0.255 e. The van der Waals surface area contributed by atoms with Gasteiger partial charge in [0.2, 0.25) is 5.82 Å². The molecule has 2 N–H and O–H groups in total. The molecule has 0 unspecified atom stereocenters. The van der Waals surface area contributed by atoms with Crippen LogP contribution in [0.5, 0.6) is 0 Å². The first-order valence-corrected chi connectivity index (χ1v) is 13.1. The van der Waals surface area contributed by atoms with Crippen molar-refractivity contribution in [3.63, 3.8) is 0 Å². The molecule has 38 heavy (non-hydrogen) atoms. The standard InChI is InChI=1S/C31H32N6O/c1-2-3-11-27-19-18-26(21-32-20-23-9-5-4-6-10-23)31(38)37(27)22-24-14-16-25(17-15-24)28-12-7-8-13-29(28)30-33-35-36-34-30/h4-10,12-19,32H,2-3,11,20-22H2,1H3,(H,33,34,35,36). The molecule has 7 heteroatoms. The highest BCUT2D eigenvalue weighted by Crippen LogP contribution is 2.29. The average molecular weight is 505 g/mol. The molecule has 2 heterocycles. The van der Waals surface area contributed by atoms with Gasteiger partial charge in [-0.25, -0.2) is 0 Å². The van der Waals surface area contributed by atoms with Crippen LogP contribution in [0.25, 0.3) is 22.5 Å². The minimum Gasteiger partial charge on any atom is -0.308 e. The number of H-pyrrole nitrogens is 1. The van der Waals surface area contributed by atoms with Crippen molar-refractivity contribution < 1.29 is 0 Å². The van der Waals surface area contributed by atoms with Crippen LogP contribution in [0.15, 0.2) is 95.8 Å². The number of benzene rings is 3. The minimum absolute atomic E-state index is 0.0747. The number of hydrogen-bond acceptors (Lipinski definition) is 5. The molecule has 0 aliphatic carbocycles. The number of aromatic amines is 1. The van der Waals surface area contributed by atoms with Crippen molar-refractivity contribution in [2.45, 2.75) is 45.8 Å². The second kappa shape index (κ2) is 12.3. The summed E-state index contributed by atoms with van der Waals surface area (Å²) >= 11 is 0. The number of aryl methyl sites for hydroxylation is 1. The highest BCUT2D eigenvalue weighted by molar-refractivity contribution is 5.80. The van der Waals surface area contributed by atoms with Crippen LogP contribution in [0.4, 0.5) is 0 Å². The average Bonchev–Trinajstić information content (AvgIpc) is 3.50. The van der Waals surface area contributed by atoms with Crippen LogP contribution in [0, 0.1) is 0 Å². The zero-order chi connectivity index (χ0) is 26.2. The third kappa shape index (κ3) is 5.95. The van der Waals surface area contributed by atoms with Crippen molar-refractivity contribution in [2.24, 2.45) is 0 Å². The number of nitrogens with zero attached hydrogens (tertiary/aromatic N) is 4. The molecule has 0 aliphatic rings. The van der Waals surface area contributed by atoms with Gasteiger partial charge in [-0.3, -0.25) is 4.79 Å². The Bertz CT molecular complexity index is 1510. The maximum Gasteiger partial charge on any atom is 0.255 e. The highest BCUT2D eigenvalue weighted by Gasteiger charge is 2.12. The number of tetrazole rings is 1. The summed E-state index contributed by atoms with van der Waals surface area (Å²) in [6, 6.07) is 30.7. The van der Waals surface area contributed by atoms with E-state index in [1.807, 2.05) is 47.0 Å². The van der Waals surface area contributed by atoms with Crippen LogP contribution in [-0.4, -0.2) is 25.2 Å². The monoisotopic (exact) mass is 504 g/mol. The molecule has 5 rings (SSSR count). The lowest BCUT2D eigenvalue weighted by Crippen LogP contribution is -2.29. The first-order chi connectivity index (χ1) is 18.7. The van der Waals surface area contributed by atoms with E-state index < -0.39 is 0 Å². The predicted molar refractivity (Wildman–Crippen MR) is 150 cm³/mol. The zero-order valence-electron chi connectivity index (χ0n) is 21.6. The van der Waals surface area contributed by atoms with Gasteiger partial charge < -0.3 is 9.88 Å². The van der Waals surface area contributed by atoms with Crippen molar-refractivity contribution in [1.29, 1.82) is 0 Å². The molecule has 0 amide bonds. The van der Waals surface area contributed by atoms with E-state index in [2.05, 4.69) is 81.4 Å². The van der Waals surface area contributed by atoms with Gasteiger partial charge in [0, 0.05) is 29.9 Å². The summed E-state index contributed by atoms with van der Waals surface area (Å²) in [5.41, 5.74) is 7.24. The fourth-order valence-electron chi connectivity index (χ4n) is 4.66. The molecule has 0 bridgehead atoms. The van der Waals surface area contributed by atoms with E-state index in [1.54, 1.807) is 0 Å². The SMILES string of the molecule is CCCCc1ccc(CNCc2ccccc2)c(=O)n1Cc1ccc(-c2ccccc2-c2nn[nH]n2)cc1. The molecule has 192 valence electrons. The number of rotatable bonds is 11. The van der Waals surface area contributed by atoms with Crippen LogP contribution in [-0.2, 0) is 26.1 Å². The molecule has 0 radical (unpaired) electrons. The van der Waals surface area contributed by atoms with E-state index >= 15 is 0 Å². The van der Waals surface area contributed by atoms with Crippen molar-refractivity contribution in [1.82, 2.24) is 30.5 Å². The zero-order valence-corrected chi connectivity index (χ0v) is 21.6. The number of nitrogens with one attached hydrogen (secondary N) is 2. The quantitative estimate of drug-likeness (QED) is 0.252. The van der Waals surface area contributed by atoms with E-state index in [9.17, 15) is 4.79 Å². The van der Waals surface area contributed by atoms with E-state index in [-0.39, 0.29) is 5.56 Å². The highest BCUT2D eigenvalue weighted by atomic mass is 16.1. The molecule has 0 spiro atoms. The molecular formula is C31H32N6O. The van der Waals surface area contributed by atoms with Crippen LogP contribution in [0.1, 0.15) is 42.1 Å². The molecule has 0 saturated heterocycles. The maximum atomic E-state index is 13.6. The van der Waals surface area contributed by atoms with Gasteiger partial charge in [0.1, 0.15) is 0 Å². The van der Waals surface area contributed by atoms with E-state index in [0.29, 0.717) is 18.9 Å². The molecular weight excluding hydrogens is 472 g/mol. The van der Waals surface area contributed by atoms with E-state index in [1.165, 1.54) is 5.56 Å². The lowest BCUT2D eigenvalue weighted by molar-refractivity contribution is 0.637. The first-order valence-electron chi connectivity index (χ1n) is 13.1. The lowest BCUT2D eigenvalue weighted by Gasteiger charge is -2.16. The van der Waals surface area contributed by atoms with Crippen molar-refractivity contribution in [3.8, 4) is 22.5 Å². The van der Waals surface area contributed by atoms with Gasteiger partial charge in [-0.2, -0.15) is 5.21 Å². The molecule has 5 aromatic rings. The fraction of sp³-hybridized carbons (Fsp3) is 0.226. The van der Waals surface area contributed by atoms with Crippen LogP contribution < -0.4 is 10.9 Å². The first kappa shape index (κ1) is 25.3. The third-order valence-corrected chi connectivity index (χ3v) is 6.74. The van der Waals surface area contributed by atoms with Gasteiger partial charge in [0.25, 0.3) is 5.56 Å². The fourth-order valence-corrected chi connectivity index (χ4v) is 4.66. The Hall–Kier alpha value is -4.36. The van der Waals surface area contributed by atoms with Crippen LogP contribution in [0.2, 0.25) is 0 Å². The second-order valence-electron chi connectivity index (χ2n) is 9.41. The Morgan fingerprint density at radius 3 is 2.32 bits per heavy atom. The van der Waals surface area contributed by atoms with E-state index in [4.69, 9.17) is 0 Å². The van der Waals surface area contributed by atoms with Crippen molar-refractivity contribution in [3.05, 3.63) is 124 Å². The molecule has 2 aromatic heterocycles. The summed E-state index contributed by atoms with van der Waals surface area (Å²) in [5, 5.41) is 17.9. The minimum atomic E-state index is 0.0747. The summed E-state index contributed by atoms with van der Waals surface area (Å²) < 4.78 is 1.94. The Balaban J connectivity index is 1.37. The summed E-state index contributed by atoms with van der Waals surface area (Å²) in [6.45, 7) is 3.98. The molecule has 0 aliphatic heterocycles. The number of pyridine rings is 1. The second-order valence-corrected chi connectivity index (χ2v) is 9.41. The van der Waals surface area contributed by atoms with Crippen LogP contribution in [0.3, 0.4) is 0 Å². The summed E-state index contributed by atoms with van der Waals surface area (Å²) in [7, 11) is 0. The van der Waals surface area contributed by atoms with Crippen molar-refractivity contribution >= 4 is 0 Å². The molecule has 0 atom stereocenters. The summed E-state index contributed by atoms with van der Waals surface area (Å²) in [6.07, 6.45) is 3.03. The summed E-state index contributed by atoms with van der Waals surface area (Å²) in [4.78, 5) is 13.6. The van der Waals surface area contributed by atoms with Gasteiger partial charge in [0.05, 0.1) is 6.54 Å². The van der Waals surface area contributed by atoms with Gasteiger partial charge in [-0.1, -0.05) is 98.3 Å². The van der Waals surface area contributed by atoms with Crippen LogP contribution >= 0.6 is 0 Å². The molecule has 3 aromatic carbocycles. The normalized spacial score (nSPS) is 11.1. The third-order valence-electron chi connectivity index (χ3n) is 6.74. The Labute approximate surface area is 222 Å². The predicted octanol–water partition coefficient (Wildman–Crippen LogP) is 5.38. The Morgan fingerprint density at radius 1 is 0.816 bits per heavy atom. The Kier molecular flexibility index (Phi) is 8.16. The van der Waals surface area contributed by atoms with Gasteiger partial charge in [0.15, 0.2) is 0 Å². The number of hydrogen-bond donors (Lipinski definition) is 2. The largest absolute Gasteiger partial charge is 0.308 e. The van der Waals surface area contributed by atoms with E-state index in [0.717, 1.165) is 59.3 Å². The molecule has 0 fully saturated rings. The lowest BCUT2D eigenvalue weighted by atomic mass is 9.98. The summed E-state index contributed by atoms with van der Waals surface area (Å²) in [5.74, 6) is 0.564. The number of unbranched alkanes of at least 4 members (excludes halogenated alkanes) is 1. The van der Waals surface area contributed by atoms with Gasteiger partial charge >= 0.3 is 0 Å². The maximum absolute atomic E-state index is 13.6. The van der Waals surface area contributed by atoms with Crippen molar-refractivity contribution in [2.75, 3.05) is 0 Å². The Morgan fingerprint density at radius 2 is 1.58 bits per heavy atom. The molecule has 0 saturated carbocycles. The number of aromatic nitrogens is 5. The van der Waals surface area contributed by atoms with Gasteiger partial charge in [-0.15, -0.1) is 10.2 Å². The topological polar surface area (TPSA) is 88.5 Å². The van der Waals surface area contributed by atoms with Gasteiger partial charge in [-0.05, 0) is 46.4 Å².